The fourth-order valence-electron chi connectivity index (χ4n) is 2.50. The number of carbonyl (C=O) groups is 1. The second-order valence-electron chi connectivity index (χ2n) is 5.66. The van der Waals surface area contributed by atoms with Gasteiger partial charge in [-0.05, 0) is 13.8 Å². The number of piperazine rings is 1. The Kier molecular flexibility index (Phi) is 4.88. The van der Waals surface area contributed by atoms with Crippen LogP contribution in [0.15, 0.2) is 0 Å². The Hall–Kier alpha value is -1.45. The Morgan fingerprint density at radius 2 is 1.82 bits per heavy atom. The number of hydrogen-bond acceptors (Lipinski definition) is 4. The zero-order valence-electron chi connectivity index (χ0n) is 13.5. The van der Waals surface area contributed by atoms with Gasteiger partial charge in [0.15, 0.2) is 0 Å². The molecule has 0 aromatic carbocycles. The first-order valence-electron chi connectivity index (χ1n) is 7.19. The van der Waals surface area contributed by atoms with Crippen LogP contribution in [0, 0.1) is 13.8 Å². The minimum atomic E-state index is -3.40. The van der Waals surface area contributed by atoms with Gasteiger partial charge in [0.05, 0.1) is 12.1 Å². The first kappa shape index (κ1) is 16.9. The third kappa shape index (κ3) is 3.31. The molecule has 0 saturated carbocycles. The van der Waals surface area contributed by atoms with Crippen molar-refractivity contribution in [2.24, 2.45) is 0 Å². The lowest BCUT2D eigenvalue weighted by Crippen LogP contribution is -2.53. The third-order valence-corrected chi connectivity index (χ3v) is 5.93. The average molecular weight is 329 g/mol. The van der Waals surface area contributed by atoms with Crippen LogP contribution >= 0.6 is 0 Å². The Morgan fingerprint density at radius 1 is 1.23 bits per heavy atom. The summed E-state index contributed by atoms with van der Waals surface area (Å²) in [4.78, 5) is 14.1. The van der Waals surface area contributed by atoms with Crippen LogP contribution in [0.3, 0.4) is 0 Å². The highest BCUT2D eigenvalue weighted by atomic mass is 32.2. The smallest absolute Gasteiger partial charge is 0.281 e. The average Bonchev–Trinajstić information content (AvgIpc) is 2.79. The van der Waals surface area contributed by atoms with Crippen LogP contribution in [0.5, 0.6) is 0 Å². The van der Waals surface area contributed by atoms with Gasteiger partial charge in [-0.3, -0.25) is 9.89 Å². The molecule has 2 heterocycles. The number of H-pyrrole nitrogens is 1. The SMILES string of the molecule is Cc1n[nH]c(C)c1CC(=O)N1CCN(S(=O)(=O)N(C)C)CC1. The molecule has 1 aliphatic heterocycles. The topological polar surface area (TPSA) is 89.6 Å². The van der Waals surface area contributed by atoms with E-state index in [1.54, 1.807) is 4.90 Å². The minimum Gasteiger partial charge on any atom is -0.340 e. The van der Waals surface area contributed by atoms with E-state index in [-0.39, 0.29) is 5.91 Å². The van der Waals surface area contributed by atoms with Crippen molar-refractivity contribution in [1.29, 1.82) is 0 Å². The lowest BCUT2D eigenvalue weighted by Gasteiger charge is -2.35. The van der Waals surface area contributed by atoms with Gasteiger partial charge in [0.25, 0.3) is 10.2 Å². The Balaban J connectivity index is 1.96. The maximum absolute atomic E-state index is 12.4. The van der Waals surface area contributed by atoms with E-state index in [1.807, 2.05) is 13.8 Å². The summed E-state index contributed by atoms with van der Waals surface area (Å²) in [7, 11) is -0.376. The highest BCUT2D eigenvalue weighted by molar-refractivity contribution is 7.86. The van der Waals surface area contributed by atoms with E-state index in [0.29, 0.717) is 32.6 Å². The number of carbonyl (C=O) groups excluding carboxylic acids is 1. The maximum atomic E-state index is 12.4. The summed E-state index contributed by atoms with van der Waals surface area (Å²) in [6.45, 7) is 5.26. The third-order valence-electron chi connectivity index (χ3n) is 3.99. The number of nitrogens with zero attached hydrogens (tertiary/aromatic N) is 4. The van der Waals surface area contributed by atoms with E-state index in [0.717, 1.165) is 17.0 Å². The molecule has 9 heteroatoms. The van der Waals surface area contributed by atoms with Gasteiger partial charge in [-0.25, -0.2) is 0 Å². The van der Waals surface area contributed by atoms with Crippen LogP contribution in [-0.2, 0) is 21.4 Å². The quantitative estimate of drug-likeness (QED) is 0.808. The molecule has 2 rings (SSSR count). The molecule has 1 N–H and O–H groups in total. The van der Waals surface area contributed by atoms with Crippen molar-refractivity contribution in [2.75, 3.05) is 40.3 Å². The molecule has 8 nitrogen and oxygen atoms in total. The summed E-state index contributed by atoms with van der Waals surface area (Å²) in [6.07, 6.45) is 0.300. The lowest BCUT2D eigenvalue weighted by atomic mass is 10.1. The predicted octanol–water partition coefficient (Wildman–Crippen LogP) is -0.480. The van der Waals surface area contributed by atoms with Crippen molar-refractivity contribution in [2.45, 2.75) is 20.3 Å². The summed E-state index contributed by atoms with van der Waals surface area (Å²) in [6, 6.07) is 0. The second-order valence-corrected chi connectivity index (χ2v) is 7.80. The molecule has 1 fully saturated rings. The molecule has 1 aromatic rings. The van der Waals surface area contributed by atoms with Crippen molar-refractivity contribution in [1.82, 2.24) is 23.7 Å². The monoisotopic (exact) mass is 329 g/mol. The number of nitrogens with one attached hydrogen (secondary N) is 1. The van der Waals surface area contributed by atoms with E-state index in [1.165, 1.54) is 22.7 Å². The summed E-state index contributed by atoms with van der Waals surface area (Å²) in [5.74, 6) is 0.00880. The van der Waals surface area contributed by atoms with E-state index in [9.17, 15) is 13.2 Å². The van der Waals surface area contributed by atoms with Gasteiger partial charge in [0.2, 0.25) is 5.91 Å². The van der Waals surface area contributed by atoms with Crippen molar-refractivity contribution in [3.63, 3.8) is 0 Å². The highest BCUT2D eigenvalue weighted by Gasteiger charge is 2.30. The molecule has 0 spiro atoms. The van der Waals surface area contributed by atoms with Crippen molar-refractivity contribution in [3.05, 3.63) is 17.0 Å². The first-order chi connectivity index (χ1) is 10.2. The van der Waals surface area contributed by atoms with Crippen molar-refractivity contribution in [3.8, 4) is 0 Å². The molecular weight excluding hydrogens is 306 g/mol. The van der Waals surface area contributed by atoms with E-state index >= 15 is 0 Å². The van der Waals surface area contributed by atoms with Crippen LogP contribution in [-0.4, -0.2) is 78.3 Å². The molecule has 0 unspecified atom stereocenters. The van der Waals surface area contributed by atoms with Crippen LogP contribution in [0.4, 0.5) is 0 Å². The number of hydrogen-bond donors (Lipinski definition) is 1. The van der Waals surface area contributed by atoms with Gasteiger partial charge < -0.3 is 4.90 Å². The van der Waals surface area contributed by atoms with Gasteiger partial charge in [-0.1, -0.05) is 0 Å². The predicted molar refractivity (Wildman–Crippen MR) is 82.5 cm³/mol. The van der Waals surface area contributed by atoms with Gasteiger partial charge in [-0.2, -0.15) is 22.1 Å². The van der Waals surface area contributed by atoms with Gasteiger partial charge >= 0.3 is 0 Å². The fourth-order valence-corrected chi connectivity index (χ4v) is 3.58. The number of aromatic amines is 1. The molecule has 1 amide bonds. The lowest BCUT2D eigenvalue weighted by molar-refractivity contribution is -0.131. The molecule has 1 aromatic heterocycles. The zero-order chi connectivity index (χ0) is 16.5. The minimum absolute atomic E-state index is 0.00880. The number of aryl methyl sites for hydroxylation is 2. The van der Waals surface area contributed by atoms with E-state index in [4.69, 9.17) is 0 Å². The largest absolute Gasteiger partial charge is 0.340 e. The van der Waals surface area contributed by atoms with E-state index < -0.39 is 10.2 Å². The summed E-state index contributed by atoms with van der Waals surface area (Å²) in [5.41, 5.74) is 2.66. The van der Waals surface area contributed by atoms with Crippen LogP contribution in [0.1, 0.15) is 17.0 Å². The highest BCUT2D eigenvalue weighted by Crippen LogP contribution is 2.14. The molecule has 0 bridgehead atoms. The first-order valence-corrected chi connectivity index (χ1v) is 8.59. The molecule has 0 atom stereocenters. The standard InChI is InChI=1S/C13H23N5O3S/c1-10-12(11(2)15-14-10)9-13(19)17-5-7-18(8-6-17)22(20,21)16(3)4/h5-9H2,1-4H3,(H,14,15). The van der Waals surface area contributed by atoms with Gasteiger partial charge in [0, 0.05) is 51.5 Å². The summed E-state index contributed by atoms with van der Waals surface area (Å²) >= 11 is 0. The Morgan fingerprint density at radius 3 is 2.27 bits per heavy atom. The van der Waals surface area contributed by atoms with Crippen LogP contribution in [0.2, 0.25) is 0 Å². The van der Waals surface area contributed by atoms with Gasteiger partial charge in [0.1, 0.15) is 0 Å². The molecule has 1 aliphatic rings. The molecular formula is C13H23N5O3S. The molecule has 1 saturated heterocycles. The maximum Gasteiger partial charge on any atom is 0.281 e. The normalized spacial score (nSPS) is 17.2. The fraction of sp³-hybridized carbons (Fsp3) is 0.692. The number of amides is 1. The van der Waals surface area contributed by atoms with Crippen molar-refractivity contribution < 1.29 is 13.2 Å². The second kappa shape index (κ2) is 6.35. The number of rotatable bonds is 4. The van der Waals surface area contributed by atoms with Crippen LogP contribution in [0.25, 0.3) is 0 Å². The van der Waals surface area contributed by atoms with Gasteiger partial charge in [-0.15, -0.1) is 0 Å². The molecule has 124 valence electrons. The Bertz CT molecular complexity index is 625. The number of aromatic nitrogens is 2. The van der Waals surface area contributed by atoms with E-state index in [2.05, 4.69) is 10.2 Å². The van der Waals surface area contributed by atoms with Crippen LogP contribution < -0.4 is 0 Å². The molecule has 0 radical (unpaired) electrons. The summed E-state index contributed by atoms with van der Waals surface area (Å²) in [5, 5.41) is 6.96. The molecule has 22 heavy (non-hydrogen) atoms. The summed E-state index contributed by atoms with van der Waals surface area (Å²) < 4.78 is 26.7. The zero-order valence-corrected chi connectivity index (χ0v) is 14.3. The van der Waals surface area contributed by atoms with Crippen molar-refractivity contribution >= 4 is 16.1 Å². The molecule has 0 aliphatic carbocycles. The Labute approximate surface area is 131 Å².